The number of aromatic nitrogens is 2. The Morgan fingerprint density at radius 3 is 2.80 bits per heavy atom. The van der Waals surface area contributed by atoms with Gasteiger partial charge in [0.2, 0.25) is 0 Å². The molecule has 2 rings (SSSR count). The number of imidazole rings is 1. The van der Waals surface area contributed by atoms with Crippen LogP contribution in [0.5, 0.6) is 0 Å². The van der Waals surface area contributed by atoms with E-state index in [0.29, 0.717) is 18.1 Å². The first-order valence-electron chi connectivity index (χ1n) is 8.06. The van der Waals surface area contributed by atoms with Gasteiger partial charge < -0.3 is 9.88 Å². The van der Waals surface area contributed by atoms with Gasteiger partial charge in [-0.05, 0) is 33.2 Å². The zero-order valence-electron chi connectivity index (χ0n) is 13.5. The smallest absolute Gasteiger partial charge is 0.0951 e. The molecule has 4 nitrogen and oxygen atoms in total. The van der Waals surface area contributed by atoms with Crippen molar-refractivity contribution in [3.8, 4) is 0 Å². The van der Waals surface area contributed by atoms with E-state index in [1.54, 1.807) is 0 Å². The summed E-state index contributed by atoms with van der Waals surface area (Å²) in [5.41, 5.74) is 1.34. The van der Waals surface area contributed by atoms with Crippen LogP contribution in [0.15, 0.2) is 12.5 Å². The van der Waals surface area contributed by atoms with Crippen molar-refractivity contribution in [1.29, 1.82) is 0 Å². The van der Waals surface area contributed by atoms with Gasteiger partial charge in [0, 0.05) is 37.4 Å². The molecule has 4 heteroatoms. The molecule has 1 atom stereocenters. The van der Waals surface area contributed by atoms with Crippen molar-refractivity contribution in [3.05, 3.63) is 18.2 Å². The highest BCUT2D eigenvalue weighted by Gasteiger charge is 2.23. The van der Waals surface area contributed by atoms with Gasteiger partial charge in [-0.3, -0.25) is 4.90 Å². The molecule has 0 aromatic carbocycles. The lowest BCUT2D eigenvalue weighted by Crippen LogP contribution is -2.46. The molecule has 2 heterocycles. The summed E-state index contributed by atoms with van der Waals surface area (Å²) in [7, 11) is 0. The molecule has 20 heavy (non-hydrogen) atoms. The average Bonchev–Trinajstić information content (AvgIpc) is 2.86. The first kappa shape index (κ1) is 15.5. The van der Waals surface area contributed by atoms with E-state index in [0.717, 1.165) is 13.1 Å². The molecule has 1 saturated heterocycles. The van der Waals surface area contributed by atoms with Crippen molar-refractivity contribution >= 4 is 0 Å². The van der Waals surface area contributed by atoms with E-state index in [1.807, 2.05) is 12.5 Å². The van der Waals surface area contributed by atoms with Gasteiger partial charge in [0.1, 0.15) is 0 Å². The average molecular weight is 278 g/mol. The molecular weight excluding hydrogens is 248 g/mol. The molecule has 1 aliphatic heterocycles. The fourth-order valence-corrected chi connectivity index (χ4v) is 3.00. The van der Waals surface area contributed by atoms with Gasteiger partial charge in [-0.1, -0.05) is 20.3 Å². The number of rotatable bonds is 6. The lowest BCUT2D eigenvalue weighted by Gasteiger charge is -2.36. The number of nitrogens with one attached hydrogen (secondary N) is 1. The molecule has 0 saturated carbocycles. The quantitative estimate of drug-likeness (QED) is 0.868. The minimum Gasteiger partial charge on any atom is -0.331 e. The Morgan fingerprint density at radius 1 is 1.30 bits per heavy atom. The molecule has 0 radical (unpaired) electrons. The van der Waals surface area contributed by atoms with E-state index in [2.05, 4.69) is 47.5 Å². The lowest BCUT2D eigenvalue weighted by molar-refractivity contribution is 0.132. The maximum atomic E-state index is 4.33. The highest BCUT2D eigenvalue weighted by Crippen LogP contribution is 2.20. The zero-order valence-corrected chi connectivity index (χ0v) is 13.5. The van der Waals surface area contributed by atoms with Crippen LogP contribution >= 0.6 is 0 Å². The molecule has 0 amide bonds. The van der Waals surface area contributed by atoms with Crippen LogP contribution in [0.4, 0.5) is 0 Å². The first-order valence-corrected chi connectivity index (χ1v) is 8.06. The van der Waals surface area contributed by atoms with Gasteiger partial charge in [0.25, 0.3) is 0 Å². The second-order valence-corrected chi connectivity index (χ2v) is 6.57. The Kier molecular flexibility index (Phi) is 5.61. The standard InChI is InChI=1S/C16H30N4/c1-13(2)18-10-15-7-5-6-8-19(15)11-16-9-17-12-20(16)14(3)4/h9,12-15,18H,5-8,10-11H2,1-4H3. The summed E-state index contributed by atoms with van der Waals surface area (Å²) in [6.07, 6.45) is 8.00. The van der Waals surface area contributed by atoms with Crippen LogP contribution in [-0.4, -0.2) is 39.6 Å². The Hall–Kier alpha value is -0.870. The predicted octanol–water partition coefficient (Wildman–Crippen LogP) is 2.82. The van der Waals surface area contributed by atoms with Crippen molar-refractivity contribution in [2.75, 3.05) is 13.1 Å². The highest BCUT2D eigenvalue weighted by atomic mass is 15.2. The van der Waals surface area contributed by atoms with Crippen LogP contribution in [0.3, 0.4) is 0 Å². The zero-order chi connectivity index (χ0) is 14.5. The number of hydrogen-bond acceptors (Lipinski definition) is 3. The molecule has 0 aliphatic carbocycles. The Morgan fingerprint density at radius 2 is 2.10 bits per heavy atom. The van der Waals surface area contributed by atoms with E-state index in [4.69, 9.17) is 0 Å². The Bertz CT molecular complexity index is 397. The lowest BCUT2D eigenvalue weighted by atomic mass is 10.0. The van der Waals surface area contributed by atoms with Crippen molar-refractivity contribution < 1.29 is 0 Å². The summed E-state index contributed by atoms with van der Waals surface area (Å²) < 4.78 is 2.29. The second kappa shape index (κ2) is 7.23. The molecule has 0 spiro atoms. The number of likely N-dealkylation sites (tertiary alicyclic amines) is 1. The SMILES string of the molecule is CC(C)NCC1CCCCN1Cc1cncn1C(C)C. The Labute approximate surface area is 123 Å². The normalized spacial score (nSPS) is 21.0. The van der Waals surface area contributed by atoms with Gasteiger partial charge in [-0.15, -0.1) is 0 Å². The van der Waals surface area contributed by atoms with Crippen molar-refractivity contribution in [2.45, 2.75) is 71.6 Å². The molecule has 114 valence electrons. The van der Waals surface area contributed by atoms with Crippen molar-refractivity contribution in [2.24, 2.45) is 0 Å². The maximum Gasteiger partial charge on any atom is 0.0951 e. The molecule has 1 N–H and O–H groups in total. The summed E-state index contributed by atoms with van der Waals surface area (Å²) >= 11 is 0. The van der Waals surface area contributed by atoms with E-state index in [-0.39, 0.29) is 0 Å². The topological polar surface area (TPSA) is 33.1 Å². The molecule has 1 unspecified atom stereocenters. The van der Waals surface area contributed by atoms with Crippen LogP contribution in [0.25, 0.3) is 0 Å². The van der Waals surface area contributed by atoms with Crippen molar-refractivity contribution in [1.82, 2.24) is 19.8 Å². The monoisotopic (exact) mass is 278 g/mol. The van der Waals surface area contributed by atoms with Crippen LogP contribution in [0.2, 0.25) is 0 Å². The number of nitrogens with zero attached hydrogens (tertiary/aromatic N) is 3. The van der Waals surface area contributed by atoms with Crippen molar-refractivity contribution in [3.63, 3.8) is 0 Å². The number of piperidine rings is 1. The maximum absolute atomic E-state index is 4.33. The molecular formula is C16H30N4. The van der Waals surface area contributed by atoms with E-state index in [9.17, 15) is 0 Å². The second-order valence-electron chi connectivity index (χ2n) is 6.57. The summed E-state index contributed by atoms with van der Waals surface area (Å²) in [4.78, 5) is 6.96. The largest absolute Gasteiger partial charge is 0.331 e. The summed E-state index contributed by atoms with van der Waals surface area (Å²) in [6, 6.07) is 1.73. The van der Waals surface area contributed by atoms with E-state index < -0.39 is 0 Å². The third kappa shape index (κ3) is 4.06. The summed E-state index contributed by atoms with van der Waals surface area (Å²) in [6.45, 7) is 12.2. The first-order chi connectivity index (χ1) is 9.58. The van der Waals surface area contributed by atoms with Crippen LogP contribution in [0.1, 0.15) is 58.7 Å². The molecule has 0 bridgehead atoms. The third-order valence-corrected chi connectivity index (χ3v) is 4.18. The van der Waals surface area contributed by atoms with Crippen LogP contribution < -0.4 is 5.32 Å². The summed E-state index contributed by atoms with van der Waals surface area (Å²) in [5.74, 6) is 0. The van der Waals surface area contributed by atoms with Gasteiger partial charge >= 0.3 is 0 Å². The van der Waals surface area contributed by atoms with Gasteiger partial charge in [0.15, 0.2) is 0 Å². The minimum atomic E-state index is 0.490. The summed E-state index contributed by atoms with van der Waals surface area (Å²) in [5, 5.41) is 3.60. The van der Waals surface area contributed by atoms with Gasteiger partial charge in [-0.25, -0.2) is 4.98 Å². The fourth-order valence-electron chi connectivity index (χ4n) is 3.00. The molecule has 1 aromatic rings. The molecule has 1 aliphatic rings. The van der Waals surface area contributed by atoms with Gasteiger partial charge in [0.05, 0.1) is 12.0 Å². The van der Waals surface area contributed by atoms with E-state index >= 15 is 0 Å². The fraction of sp³-hybridized carbons (Fsp3) is 0.812. The third-order valence-electron chi connectivity index (χ3n) is 4.18. The molecule has 1 aromatic heterocycles. The highest BCUT2D eigenvalue weighted by molar-refractivity contribution is 5.01. The van der Waals surface area contributed by atoms with Crippen LogP contribution in [-0.2, 0) is 6.54 Å². The molecule has 1 fully saturated rings. The van der Waals surface area contributed by atoms with E-state index in [1.165, 1.54) is 31.5 Å². The van der Waals surface area contributed by atoms with Gasteiger partial charge in [-0.2, -0.15) is 0 Å². The minimum absolute atomic E-state index is 0.490. The Balaban J connectivity index is 1.99. The predicted molar refractivity (Wildman–Crippen MR) is 83.8 cm³/mol. The number of hydrogen-bond donors (Lipinski definition) is 1. The van der Waals surface area contributed by atoms with Crippen LogP contribution in [0, 0.1) is 0 Å².